The molecule has 2 aliphatic rings. The molecule has 2 atom stereocenters. The Bertz CT molecular complexity index is 895. The van der Waals surface area contributed by atoms with Crippen molar-refractivity contribution in [2.45, 2.75) is 50.7 Å². The summed E-state index contributed by atoms with van der Waals surface area (Å²) in [6.07, 6.45) is -3.93. The maximum atomic E-state index is 13.6. The third-order valence-electron chi connectivity index (χ3n) is 5.70. The first-order valence-corrected chi connectivity index (χ1v) is 10.1. The third-order valence-corrected chi connectivity index (χ3v) is 5.70. The Morgan fingerprint density at radius 3 is 2.15 bits per heavy atom. The molecule has 184 valence electrons. The summed E-state index contributed by atoms with van der Waals surface area (Å²) in [6, 6.07) is 2.64. The molecule has 2 fully saturated rings. The lowest BCUT2D eigenvalue weighted by molar-refractivity contribution is -0.188. The van der Waals surface area contributed by atoms with E-state index in [1.165, 1.54) is 0 Å². The fourth-order valence-electron chi connectivity index (χ4n) is 4.05. The van der Waals surface area contributed by atoms with Gasteiger partial charge in [-0.25, -0.2) is 4.39 Å². The molecule has 13 heteroatoms. The van der Waals surface area contributed by atoms with Gasteiger partial charge in [0.1, 0.15) is 17.1 Å². The van der Waals surface area contributed by atoms with Crippen molar-refractivity contribution in [2.24, 2.45) is 0 Å². The third kappa shape index (κ3) is 6.28. The SMILES string of the molecule is CC(C)(NC(=O)CN1CC2CC1CN2CC(=O)Nc1cc(F)cc(OC(F)F)c1)C(F)(F)F. The van der Waals surface area contributed by atoms with E-state index in [-0.39, 0.29) is 30.9 Å². The van der Waals surface area contributed by atoms with Gasteiger partial charge in [0.15, 0.2) is 0 Å². The molecule has 2 amide bonds. The molecule has 2 unspecified atom stereocenters. The maximum Gasteiger partial charge on any atom is 0.410 e. The quantitative estimate of drug-likeness (QED) is 0.558. The number of ether oxygens (including phenoxy) is 1. The number of nitrogens with zero attached hydrogens (tertiary/aromatic N) is 2. The van der Waals surface area contributed by atoms with Crippen LogP contribution in [0.15, 0.2) is 18.2 Å². The van der Waals surface area contributed by atoms with E-state index in [2.05, 4.69) is 10.1 Å². The average molecular weight is 482 g/mol. The predicted molar refractivity (Wildman–Crippen MR) is 105 cm³/mol. The fraction of sp³-hybridized carbons (Fsp3) is 0.600. The topological polar surface area (TPSA) is 73.9 Å². The molecule has 3 rings (SSSR count). The summed E-state index contributed by atoms with van der Waals surface area (Å²) in [6.45, 7) is -0.757. The van der Waals surface area contributed by atoms with Gasteiger partial charge in [-0.15, -0.1) is 0 Å². The van der Waals surface area contributed by atoms with Crippen molar-refractivity contribution in [3.8, 4) is 5.75 Å². The maximum absolute atomic E-state index is 13.6. The first kappa shape index (κ1) is 25.1. The summed E-state index contributed by atoms with van der Waals surface area (Å²) in [5.74, 6) is -2.51. The number of amides is 2. The Labute approximate surface area is 186 Å². The van der Waals surface area contributed by atoms with Gasteiger partial charge in [0, 0.05) is 43.0 Å². The van der Waals surface area contributed by atoms with Crippen LogP contribution in [0.3, 0.4) is 0 Å². The van der Waals surface area contributed by atoms with E-state index in [0.717, 1.165) is 32.0 Å². The van der Waals surface area contributed by atoms with Crippen LogP contribution in [0.25, 0.3) is 0 Å². The Hall–Kier alpha value is -2.54. The number of halogens is 6. The number of hydrogen-bond donors (Lipinski definition) is 2. The number of carbonyl (C=O) groups is 2. The Morgan fingerprint density at radius 1 is 1.06 bits per heavy atom. The minimum atomic E-state index is -4.58. The van der Waals surface area contributed by atoms with Crippen molar-refractivity contribution in [2.75, 3.05) is 31.5 Å². The zero-order valence-corrected chi connectivity index (χ0v) is 17.9. The molecular weight excluding hydrogens is 458 g/mol. The van der Waals surface area contributed by atoms with Gasteiger partial charge in [-0.3, -0.25) is 19.4 Å². The molecule has 2 saturated heterocycles. The lowest BCUT2D eigenvalue weighted by atomic mass is 10.1. The predicted octanol–water partition coefficient (Wildman–Crippen LogP) is 2.58. The summed E-state index contributed by atoms with van der Waals surface area (Å²) >= 11 is 0. The molecule has 0 aliphatic carbocycles. The molecular formula is C20H24F6N4O3. The van der Waals surface area contributed by atoms with Crippen LogP contribution in [0.4, 0.5) is 32.0 Å². The molecule has 0 aromatic heterocycles. The van der Waals surface area contributed by atoms with Crippen LogP contribution in [-0.4, -0.2) is 78.2 Å². The molecule has 33 heavy (non-hydrogen) atoms. The van der Waals surface area contributed by atoms with Crippen molar-refractivity contribution >= 4 is 17.5 Å². The molecule has 7 nitrogen and oxygen atoms in total. The van der Waals surface area contributed by atoms with Crippen LogP contribution in [0, 0.1) is 5.82 Å². The minimum absolute atomic E-state index is 0.0365. The van der Waals surface area contributed by atoms with Crippen molar-refractivity contribution in [1.82, 2.24) is 15.1 Å². The monoisotopic (exact) mass is 482 g/mol. The van der Waals surface area contributed by atoms with Crippen molar-refractivity contribution in [1.29, 1.82) is 0 Å². The second-order valence-electron chi connectivity index (χ2n) is 8.68. The molecule has 0 spiro atoms. The highest BCUT2D eigenvalue weighted by Gasteiger charge is 2.49. The zero-order valence-electron chi connectivity index (χ0n) is 17.9. The highest BCUT2D eigenvalue weighted by Crippen LogP contribution is 2.32. The molecule has 2 heterocycles. The van der Waals surface area contributed by atoms with Crippen molar-refractivity contribution in [3.63, 3.8) is 0 Å². The molecule has 2 aliphatic heterocycles. The van der Waals surface area contributed by atoms with E-state index in [4.69, 9.17) is 0 Å². The number of piperazine rings is 1. The van der Waals surface area contributed by atoms with Crippen LogP contribution in [0.2, 0.25) is 0 Å². The molecule has 1 aromatic carbocycles. The van der Waals surface area contributed by atoms with Crippen LogP contribution in [0.5, 0.6) is 5.75 Å². The largest absolute Gasteiger partial charge is 0.435 e. The van der Waals surface area contributed by atoms with Gasteiger partial charge >= 0.3 is 12.8 Å². The van der Waals surface area contributed by atoms with E-state index in [1.807, 2.05) is 10.2 Å². The highest BCUT2D eigenvalue weighted by molar-refractivity contribution is 5.92. The second-order valence-corrected chi connectivity index (χ2v) is 8.68. The number of fused-ring (bicyclic) bond motifs is 2. The van der Waals surface area contributed by atoms with E-state index in [9.17, 15) is 35.9 Å². The summed E-state index contributed by atoms with van der Waals surface area (Å²) < 4.78 is 81.2. The fourth-order valence-corrected chi connectivity index (χ4v) is 4.05. The van der Waals surface area contributed by atoms with E-state index >= 15 is 0 Å². The number of nitrogens with one attached hydrogen (secondary N) is 2. The normalized spacial score (nSPS) is 21.5. The lowest BCUT2D eigenvalue weighted by Crippen LogP contribution is -2.57. The Morgan fingerprint density at radius 2 is 1.64 bits per heavy atom. The molecule has 0 saturated carbocycles. The Balaban J connectivity index is 1.49. The van der Waals surface area contributed by atoms with Crippen LogP contribution < -0.4 is 15.4 Å². The minimum Gasteiger partial charge on any atom is -0.435 e. The molecule has 2 bridgehead atoms. The highest BCUT2D eigenvalue weighted by atomic mass is 19.4. The summed E-state index contributed by atoms with van der Waals surface area (Å²) in [4.78, 5) is 28.1. The standard InChI is InChI=1S/C20H24F6N4O3/c1-19(2,20(24,25)26)28-17(32)10-30-8-13-6-14(30)7-29(13)9-16(31)27-12-3-11(21)4-15(5-12)33-18(22)23/h3-5,13-14,18H,6-10H2,1-2H3,(H,27,31)(H,28,32). The average Bonchev–Trinajstić information content (AvgIpc) is 3.18. The number of rotatable bonds is 8. The molecule has 2 N–H and O–H groups in total. The van der Waals surface area contributed by atoms with Gasteiger partial charge in [0.05, 0.1) is 13.1 Å². The smallest absolute Gasteiger partial charge is 0.410 e. The Kier molecular flexibility index (Phi) is 7.13. The number of benzene rings is 1. The number of carbonyl (C=O) groups excluding carboxylic acids is 2. The number of anilines is 1. The van der Waals surface area contributed by atoms with Crippen LogP contribution in [-0.2, 0) is 9.59 Å². The van der Waals surface area contributed by atoms with Gasteiger partial charge in [-0.1, -0.05) is 0 Å². The lowest BCUT2D eigenvalue weighted by Gasteiger charge is -2.34. The molecule has 1 aromatic rings. The van der Waals surface area contributed by atoms with Gasteiger partial charge in [0.25, 0.3) is 0 Å². The second kappa shape index (κ2) is 9.37. The van der Waals surface area contributed by atoms with Crippen molar-refractivity contribution in [3.05, 3.63) is 24.0 Å². The number of hydrogen-bond acceptors (Lipinski definition) is 5. The van der Waals surface area contributed by atoms with E-state index in [1.54, 1.807) is 4.90 Å². The first-order valence-electron chi connectivity index (χ1n) is 10.1. The number of alkyl halides is 5. The summed E-state index contributed by atoms with van der Waals surface area (Å²) in [5.41, 5.74) is -2.38. The van der Waals surface area contributed by atoms with E-state index in [0.29, 0.717) is 19.5 Å². The first-order chi connectivity index (χ1) is 15.2. The summed E-state index contributed by atoms with van der Waals surface area (Å²) in [5, 5.41) is 4.44. The zero-order chi connectivity index (χ0) is 24.6. The molecule has 0 radical (unpaired) electrons. The van der Waals surface area contributed by atoms with Gasteiger partial charge < -0.3 is 15.4 Å². The van der Waals surface area contributed by atoms with Gasteiger partial charge in [-0.05, 0) is 26.3 Å². The van der Waals surface area contributed by atoms with Gasteiger partial charge in [-0.2, -0.15) is 22.0 Å². The van der Waals surface area contributed by atoms with Gasteiger partial charge in [0.2, 0.25) is 11.8 Å². The van der Waals surface area contributed by atoms with Crippen molar-refractivity contribution < 1.29 is 40.7 Å². The van der Waals surface area contributed by atoms with Crippen LogP contribution in [0.1, 0.15) is 20.3 Å². The number of likely N-dealkylation sites (tertiary alicyclic amines) is 2. The van der Waals surface area contributed by atoms with E-state index < -0.39 is 41.7 Å². The van der Waals surface area contributed by atoms with Crippen LogP contribution >= 0.6 is 0 Å². The summed E-state index contributed by atoms with van der Waals surface area (Å²) in [7, 11) is 0.